The van der Waals surface area contributed by atoms with Crippen molar-refractivity contribution in [3.05, 3.63) is 211 Å². The van der Waals surface area contributed by atoms with Crippen LogP contribution in [0.25, 0.3) is 0 Å². The summed E-state index contributed by atoms with van der Waals surface area (Å²) in [4.78, 5) is 4.53. The standard InChI is InChI=1S/C34H42N2Si.C18H15B/c1-3-5-7-10-16-29-18-14-20-31(26-29)34(36-25-24-35-28-36,37-33-22-12-9-13-23-33)32-21-15-19-30(27-32)17-11-8-6-4-2;1-4-10-16(11-5-1)19(17-12-6-2-7-13-17)18-14-8-3-9-15-18/h9,12-15,18-28H,3-8,10-11,16-17H2,1-2H3;1-15H. The van der Waals surface area contributed by atoms with Crippen molar-refractivity contribution in [3.8, 4) is 0 Å². The lowest BCUT2D eigenvalue weighted by Gasteiger charge is -2.37. The van der Waals surface area contributed by atoms with E-state index in [4.69, 9.17) is 0 Å². The van der Waals surface area contributed by atoms with Crippen molar-refractivity contribution in [2.75, 3.05) is 0 Å². The van der Waals surface area contributed by atoms with E-state index in [2.05, 4.69) is 199 Å². The van der Waals surface area contributed by atoms with Gasteiger partial charge in [0.2, 0.25) is 6.71 Å². The van der Waals surface area contributed by atoms with Gasteiger partial charge in [-0.1, -0.05) is 244 Å². The van der Waals surface area contributed by atoms with E-state index in [-0.39, 0.29) is 5.16 Å². The Morgan fingerprint density at radius 2 is 0.946 bits per heavy atom. The Morgan fingerprint density at radius 1 is 0.500 bits per heavy atom. The molecule has 7 aromatic rings. The van der Waals surface area contributed by atoms with Gasteiger partial charge in [-0.25, -0.2) is 4.98 Å². The lowest BCUT2D eigenvalue weighted by molar-refractivity contribution is 0.593. The molecule has 0 spiro atoms. The van der Waals surface area contributed by atoms with Crippen molar-refractivity contribution in [2.45, 2.75) is 83.2 Å². The molecule has 0 aliphatic rings. The summed E-state index contributed by atoms with van der Waals surface area (Å²) in [6, 6.07) is 61.8. The third-order valence-corrected chi connectivity index (χ3v) is 12.5. The summed E-state index contributed by atoms with van der Waals surface area (Å²) in [6.07, 6.45) is 18.7. The highest BCUT2D eigenvalue weighted by molar-refractivity contribution is 6.95. The predicted molar refractivity (Wildman–Crippen MR) is 243 cm³/mol. The van der Waals surface area contributed by atoms with E-state index in [1.54, 1.807) is 0 Å². The highest BCUT2D eigenvalue weighted by atomic mass is 28.2. The zero-order valence-corrected chi connectivity index (χ0v) is 34.4. The maximum Gasteiger partial charge on any atom is 0.241 e. The van der Waals surface area contributed by atoms with Crippen LogP contribution in [-0.4, -0.2) is 25.8 Å². The van der Waals surface area contributed by atoms with Crippen molar-refractivity contribution >= 4 is 37.8 Å². The highest BCUT2D eigenvalue weighted by Crippen LogP contribution is 2.35. The number of rotatable bonds is 18. The van der Waals surface area contributed by atoms with Gasteiger partial charge >= 0.3 is 0 Å². The smallest absolute Gasteiger partial charge is 0.241 e. The normalized spacial score (nSPS) is 11.1. The Kier molecular flexibility index (Phi) is 15.7. The van der Waals surface area contributed by atoms with Crippen LogP contribution in [0, 0.1) is 0 Å². The van der Waals surface area contributed by atoms with E-state index >= 15 is 0 Å². The van der Waals surface area contributed by atoms with E-state index in [9.17, 15) is 0 Å². The van der Waals surface area contributed by atoms with E-state index in [0.29, 0.717) is 16.2 Å². The number of imidazole rings is 1. The van der Waals surface area contributed by atoms with Crippen molar-refractivity contribution < 1.29 is 0 Å². The van der Waals surface area contributed by atoms with Gasteiger partial charge in [-0.15, -0.1) is 0 Å². The van der Waals surface area contributed by atoms with E-state index in [0.717, 1.165) is 12.8 Å². The van der Waals surface area contributed by atoms with Crippen molar-refractivity contribution in [2.24, 2.45) is 0 Å². The Bertz CT molecular complexity index is 1950. The monoisotopic (exact) mass is 748 g/mol. The van der Waals surface area contributed by atoms with E-state index < -0.39 is 0 Å². The summed E-state index contributed by atoms with van der Waals surface area (Å²) in [6.45, 7) is 4.87. The fourth-order valence-electron chi connectivity index (χ4n) is 7.79. The van der Waals surface area contributed by atoms with E-state index in [1.807, 2.05) is 12.5 Å². The molecular weight excluding hydrogens is 691 g/mol. The van der Waals surface area contributed by atoms with Crippen LogP contribution in [0.2, 0.25) is 0 Å². The van der Waals surface area contributed by atoms with Crippen molar-refractivity contribution in [1.29, 1.82) is 0 Å². The van der Waals surface area contributed by atoms with Crippen molar-refractivity contribution in [3.63, 3.8) is 0 Å². The molecule has 2 radical (unpaired) electrons. The second-order valence-corrected chi connectivity index (χ2v) is 16.4. The number of unbranched alkanes of at least 4 members (excludes halogenated alkanes) is 6. The molecule has 6 aromatic carbocycles. The van der Waals surface area contributed by atoms with Crippen LogP contribution < -0.4 is 21.6 Å². The second kappa shape index (κ2) is 21.8. The maximum absolute atomic E-state index is 4.53. The molecule has 0 fully saturated rings. The van der Waals surface area contributed by atoms with Crippen LogP contribution >= 0.6 is 0 Å². The quantitative estimate of drug-likeness (QED) is 0.0631. The molecule has 1 heterocycles. The lowest BCUT2D eigenvalue weighted by Crippen LogP contribution is -2.51. The van der Waals surface area contributed by atoms with Gasteiger partial charge in [0.05, 0.1) is 11.5 Å². The van der Waals surface area contributed by atoms with E-state index in [1.165, 1.54) is 95.2 Å². The van der Waals surface area contributed by atoms with Gasteiger partial charge in [-0.3, -0.25) is 0 Å². The molecular formula is C52H57BN2Si. The zero-order valence-electron chi connectivity index (χ0n) is 33.4. The topological polar surface area (TPSA) is 17.8 Å². The number of aromatic nitrogens is 2. The molecule has 0 N–H and O–H groups in total. The maximum atomic E-state index is 4.53. The summed E-state index contributed by atoms with van der Waals surface area (Å²) in [7, 11) is 0.536. The van der Waals surface area contributed by atoms with Gasteiger partial charge in [0.25, 0.3) is 0 Å². The SMILES string of the molecule is CCCCCCc1cccc(C([Si]c2ccccc2)(c2cccc(CCCCCC)c2)n2ccnc2)c1.c1ccc(B(c2ccccc2)c2ccccc2)cc1. The van der Waals surface area contributed by atoms with Gasteiger partial charge in [0, 0.05) is 12.4 Å². The molecule has 0 amide bonds. The van der Waals surface area contributed by atoms with Gasteiger partial charge in [-0.05, 0) is 47.9 Å². The zero-order chi connectivity index (χ0) is 38.7. The van der Waals surface area contributed by atoms with Crippen LogP contribution in [0.3, 0.4) is 0 Å². The molecule has 1 aromatic heterocycles. The minimum Gasteiger partial charge on any atom is -0.326 e. The average molecular weight is 749 g/mol. The Morgan fingerprint density at radius 3 is 1.36 bits per heavy atom. The summed E-state index contributed by atoms with van der Waals surface area (Å²) in [5.41, 5.74) is 9.57. The average Bonchev–Trinajstić information content (AvgIpc) is 3.81. The number of benzene rings is 6. The molecule has 0 bridgehead atoms. The third-order valence-electron chi connectivity index (χ3n) is 10.7. The van der Waals surface area contributed by atoms with Crippen LogP contribution in [0.1, 0.15) is 87.5 Å². The number of hydrogen-bond donors (Lipinski definition) is 0. The van der Waals surface area contributed by atoms with Crippen LogP contribution in [0.15, 0.2) is 189 Å². The van der Waals surface area contributed by atoms with Gasteiger partial charge in [0.1, 0.15) is 9.52 Å². The van der Waals surface area contributed by atoms with Crippen LogP contribution in [-0.2, 0) is 18.0 Å². The molecule has 2 nitrogen and oxygen atoms in total. The summed E-state index contributed by atoms with van der Waals surface area (Å²) in [5.74, 6) is 0. The lowest BCUT2D eigenvalue weighted by atomic mass is 9.37. The summed E-state index contributed by atoms with van der Waals surface area (Å²) < 4.78 is 2.35. The van der Waals surface area contributed by atoms with Gasteiger partial charge in [0.15, 0.2) is 0 Å². The Hall–Kier alpha value is -5.19. The summed E-state index contributed by atoms with van der Waals surface area (Å²) >= 11 is 0. The molecule has 0 aliphatic heterocycles. The van der Waals surface area contributed by atoms with Gasteiger partial charge < -0.3 is 4.57 Å². The minimum atomic E-state index is -0.337. The van der Waals surface area contributed by atoms with Crippen molar-refractivity contribution in [1.82, 2.24) is 9.55 Å². The first-order chi connectivity index (χ1) is 27.7. The number of aryl methyl sites for hydroxylation is 2. The molecule has 4 heteroatoms. The molecule has 0 atom stereocenters. The number of nitrogens with zero attached hydrogens (tertiary/aromatic N) is 2. The highest BCUT2D eigenvalue weighted by Gasteiger charge is 2.37. The molecule has 0 aliphatic carbocycles. The molecule has 0 saturated heterocycles. The fraction of sp³-hybridized carbons (Fsp3) is 0.250. The first-order valence-electron chi connectivity index (χ1n) is 20.9. The molecule has 7 rings (SSSR count). The van der Waals surface area contributed by atoms with Crippen LogP contribution in [0.5, 0.6) is 0 Å². The van der Waals surface area contributed by atoms with Crippen LogP contribution in [0.4, 0.5) is 0 Å². The minimum absolute atomic E-state index is 0.309. The molecule has 56 heavy (non-hydrogen) atoms. The largest absolute Gasteiger partial charge is 0.326 e. The van der Waals surface area contributed by atoms with Gasteiger partial charge in [-0.2, -0.15) is 0 Å². The Balaban J connectivity index is 0.000000233. The second-order valence-electron chi connectivity index (χ2n) is 14.9. The molecule has 0 saturated carbocycles. The Labute approximate surface area is 340 Å². The molecule has 282 valence electrons. The molecule has 0 unspecified atom stereocenters. The predicted octanol–water partition coefficient (Wildman–Crippen LogP) is 10.1. The fourth-order valence-corrected chi connectivity index (χ4v) is 9.43. The first-order valence-corrected chi connectivity index (χ1v) is 21.9. The number of hydrogen-bond acceptors (Lipinski definition) is 1. The third kappa shape index (κ3) is 11.0. The summed E-state index contributed by atoms with van der Waals surface area (Å²) in [5, 5.41) is 1.02. The first kappa shape index (κ1) is 40.5.